The van der Waals surface area contributed by atoms with Gasteiger partial charge in [-0.1, -0.05) is 42.8 Å². The van der Waals surface area contributed by atoms with E-state index in [1.807, 2.05) is 44.2 Å². The van der Waals surface area contributed by atoms with E-state index in [9.17, 15) is 9.59 Å². The number of hydrogen-bond acceptors (Lipinski definition) is 4. The van der Waals surface area contributed by atoms with Crippen molar-refractivity contribution in [1.29, 1.82) is 0 Å². The van der Waals surface area contributed by atoms with Gasteiger partial charge in [-0.2, -0.15) is 0 Å². The number of allylic oxidation sites excluding steroid dienone is 3. The third kappa shape index (κ3) is 3.73. The summed E-state index contributed by atoms with van der Waals surface area (Å²) in [7, 11) is 0. The molecule has 2 heterocycles. The van der Waals surface area contributed by atoms with Gasteiger partial charge in [0.25, 0.3) is 5.91 Å². The number of amides is 1. The number of nitrogens with one attached hydrogen (secondary N) is 2. The molecule has 1 aliphatic carbocycles. The van der Waals surface area contributed by atoms with Crippen molar-refractivity contribution in [1.82, 2.24) is 10.3 Å². The molecule has 2 atom stereocenters. The van der Waals surface area contributed by atoms with E-state index in [2.05, 4.69) is 22.5 Å². The zero-order valence-electron chi connectivity index (χ0n) is 17.0. The normalized spacial score (nSPS) is 21.6. The third-order valence-electron chi connectivity index (χ3n) is 5.59. The number of ketones is 1. The first-order valence-electron chi connectivity index (χ1n) is 9.97. The van der Waals surface area contributed by atoms with E-state index in [1.54, 1.807) is 18.3 Å². The molecular weight excluding hydrogens is 362 g/mol. The van der Waals surface area contributed by atoms with Gasteiger partial charge in [-0.3, -0.25) is 9.59 Å². The number of Topliss-reactive ketones (excluding diaryl/α,β-unsaturated/α-hetero) is 1. The first kappa shape index (κ1) is 19.1. The molecule has 5 nitrogen and oxygen atoms in total. The van der Waals surface area contributed by atoms with E-state index in [-0.39, 0.29) is 17.6 Å². The summed E-state index contributed by atoms with van der Waals surface area (Å²) in [6.45, 7) is 6.02. The van der Waals surface area contributed by atoms with E-state index in [0.717, 1.165) is 34.5 Å². The number of carbonyl (C=O) groups is 2. The van der Waals surface area contributed by atoms with Crippen LogP contribution in [0.15, 0.2) is 71.2 Å². The van der Waals surface area contributed by atoms with Gasteiger partial charge < -0.3 is 10.6 Å². The monoisotopic (exact) mass is 387 g/mol. The van der Waals surface area contributed by atoms with Gasteiger partial charge in [0.05, 0.1) is 0 Å². The van der Waals surface area contributed by atoms with E-state index in [0.29, 0.717) is 23.7 Å². The van der Waals surface area contributed by atoms with Gasteiger partial charge in [0, 0.05) is 41.1 Å². The molecular formula is C24H25N3O2. The summed E-state index contributed by atoms with van der Waals surface area (Å²) >= 11 is 0. The lowest BCUT2D eigenvalue weighted by molar-refractivity contribution is -0.117. The highest BCUT2D eigenvalue weighted by molar-refractivity contribution is 6.09. The van der Waals surface area contributed by atoms with Crippen LogP contribution in [0.4, 0.5) is 5.82 Å². The standard InChI is InChI=1S/C24H25N3O2/c1-14-7-9-17(10-8-14)22-21(24(29)27-20-6-4-5-11-25-20)16(3)26-18-12-15(2)13-19(28)23(18)22/h4-11,15,22,26H,12-13H2,1-3H3,(H,25,27,29)/t15-,22-/m1/s1. The highest BCUT2D eigenvalue weighted by Gasteiger charge is 2.39. The summed E-state index contributed by atoms with van der Waals surface area (Å²) in [5.41, 5.74) is 5.12. The van der Waals surface area contributed by atoms with E-state index < -0.39 is 0 Å². The Balaban J connectivity index is 1.80. The van der Waals surface area contributed by atoms with Crippen molar-refractivity contribution in [2.45, 2.75) is 39.5 Å². The third-order valence-corrected chi connectivity index (χ3v) is 5.59. The van der Waals surface area contributed by atoms with E-state index in [4.69, 9.17) is 0 Å². The Hall–Kier alpha value is -3.21. The summed E-state index contributed by atoms with van der Waals surface area (Å²) in [6, 6.07) is 13.5. The minimum Gasteiger partial charge on any atom is -0.362 e. The molecule has 1 aromatic heterocycles. The zero-order chi connectivity index (χ0) is 20.5. The van der Waals surface area contributed by atoms with Crippen molar-refractivity contribution in [3.8, 4) is 0 Å². The molecule has 2 aromatic rings. The second kappa shape index (κ2) is 7.66. The van der Waals surface area contributed by atoms with Crippen LogP contribution < -0.4 is 10.6 Å². The fourth-order valence-electron chi connectivity index (χ4n) is 4.25. The Morgan fingerprint density at radius 1 is 1.10 bits per heavy atom. The Bertz CT molecular complexity index is 1020. The van der Waals surface area contributed by atoms with Crippen LogP contribution >= 0.6 is 0 Å². The van der Waals surface area contributed by atoms with Gasteiger partial charge in [-0.05, 0) is 43.9 Å². The maximum atomic E-state index is 13.3. The van der Waals surface area contributed by atoms with Gasteiger partial charge in [0.15, 0.2) is 5.78 Å². The number of hydrogen-bond donors (Lipinski definition) is 2. The summed E-state index contributed by atoms with van der Waals surface area (Å²) in [5.74, 6) is 0.285. The lowest BCUT2D eigenvalue weighted by atomic mass is 9.73. The van der Waals surface area contributed by atoms with Crippen LogP contribution in [-0.2, 0) is 9.59 Å². The average Bonchev–Trinajstić information content (AvgIpc) is 2.68. The molecule has 5 heteroatoms. The largest absolute Gasteiger partial charge is 0.362 e. The number of anilines is 1. The number of dihydropyridines is 1. The van der Waals surface area contributed by atoms with Gasteiger partial charge in [0.2, 0.25) is 0 Å². The van der Waals surface area contributed by atoms with Crippen LogP contribution in [0.2, 0.25) is 0 Å². The molecule has 0 saturated carbocycles. The van der Waals surface area contributed by atoms with Crippen LogP contribution in [0.25, 0.3) is 0 Å². The van der Waals surface area contributed by atoms with Crippen molar-refractivity contribution in [2.75, 3.05) is 5.32 Å². The Morgan fingerprint density at radius 3 is 2.55 bits per heavy atom. The maximum Gasteiger partial charge on any atom is 0.255 e. The molecule has 0 bridgehead atoms. The van der Waals surface area contributed by atoms with Gasteiger partial charge in [-0.25, -0.2) is 4.98 Å². The number of nitrogens with zero attached hydrogens (tertiary/aromatic N) is 1. The molecule has 29 heavy (non-hydrogen) atoms. The zero-order valence-corrected chi connectivity index (χ0v) is 17.0. The molecule has 1 aromatic carbocycles. The van der Waals surface area contributed by atoms with Gasteiger partial charge >= 0.3 is 0 Å². The highest BCUT2D eigenvalue weighted by Crippen LogP contribution is 2.43. The van der Waals surface area contributed by atoms with Crippen molar-refractivity contribution in [3.05, 3.63) is 82.3 Å². The number of rotatable bonds is 3. The fourth-order valence-corrected chi connectivity index (χ4v) is 4.25. The number of aryl methyl sites for hydroxylation is 1. The molecule has 1 aliphatic heterocycles. The molecule has 148 valence electrons. The molecule has 2 N–H and O–H groups in total. The Labute approximate surface area is 170 Å². The van der Waals surface area contributed by atoms with Crippen molar-refractivity contribution in [2.24, 2.45) is 5.92 Å². The van der Waals surface area contributed by atoms with Crippen LogP contribution in [0, 0.1) is 12.8 Å². The molecule has 2 aliphatic rings. The van der Waals surface area contributed by atoms with Crippen LogP contribution in [0.1, 0.15) is 43.7 Å². The van der Waals surface area contributed by atoms with E-state index >= 15 is 0 Å². The van der Waals surface area contributed by atoms with Crippen LogP contribution in [-0.4, -0.2) is 16.7 Å². The minimum atomic E-state index is -0.379. The molecule has 0 radical (unpaired) electrons. The van der Waals surface area contributed by atoms with Gasteiger partial charge in [-0.15, -0.1) is 0 Å². The average molecular weight is 387 g/mol. The lowest BCUT2D eigenvalue weighted by Crippen LogP contribution is -2.37. The predicted octanol–water partition coefficient (Wildman–Crippen LogP) is 4.24. The summed E-state index contributed by atoms with van der Waals surface area (Å²) in [4.78, 5) is 30.5. The summed E-state index contributed by atoms with van der Waals surface area (Å²) in [5, 5.41) is 6.25. The summed E-state index contributed by atoms with van der Waals surface area (Å²) < 4.78 is 0. The SMILES string of the molecule is CC1=C(C(=O)Nc2ccccn2)[C@@H](c2ccc(C)cc2)C2=C(C[C@@H](C)CC2=O)N1. The number of carbonyl (C=O) groups excluding carboxylic acids is 2. The molecule has 0 unspecified atom stereocenters. The minimum absolute atomic E-state index is 0.118. The highest BCUT2D eigenvalue weighted by atomic mass is 16.2. The van der Waals surface area contributed by atoms with E-state index in [1.165, 1.54) is 0 Å². The van der Waals surface area contributed by atoms with Crippen LogP contribution in [0.3, 0.4) is 0 Å². The van der Waals surface area contributed by atoms with Crippen molar-refractivity contribution >= 4 is 17.5 Å². The molecule has 4 rings (SSSR count). The quantitative estimate of drug-likeness (QED) is 0.826. The smallest absolute Gasteiger partial charge is 0.255 e. The lowest BCUT2D eigenvalue weighted by Gasteiger charge is -2.36. The molecule has 1 amide bonds. The summed E-state index contributed by atoms with van der Waals surface area (Å²) in [6.07, 6.45) is 2.97. The second-order valence-corrected chi connectivity index (χ2v) is 8.01. The van der Waals surface area contributed by atoms with Crippen LogP contribution in [0.5, 0.6) is 0 Å². The van der Waals surface area contributed by atoms with Gasteiger partial charge in [0.1, 0.15) is 5.82 Å². The Morgan fingerprint density at radius 2 is 1.86 bits per heavy atom. The molecule has 0 fully saturated rings. The molecule has 0 spiro atoms. The number of benzene rings is 1. The number of aromatic nitrogens is 1. The van der Waals surface area contributed by atoms with Crippen molar-refractivity contribution in [3.63, 3.8) is 0 Å². The fraction of sp³-hybridized carbons (Fsp3) is 0.292. The Kier molecular flexibility index (Phi) is 5.05. The van der Waals surface area contributed by atoms with Crippen molar-refractivity contribution < 1.29 is 9.59 Å². The topological polar surface area (TPSA) is 71.1 Å². The second-order valence-electron chi connectivity index (χ2n) is 8.01. The maximum absolute atomic E-state index is 13.3. The first-order chi connectivity index (χ1) is 13.9. The number of pyridine rings is 1. The molecule has 0 saturated heterocycles. The predicted molar refractivity (Wildman–Crippen MR) is 113 cm³/mol. The first-order valence-corrected chi connectivity index (χ1v) is 9.97.